The fourth-order valence-electron chi connectivity index (χ4n) is 2.19. The molecule has 0 aliphatic carbocycles. The van der Waals surface area contributed by atoms with E-state index in [1.165, 1.54) is 12.1 Å². The Morgan fingerprint density at radius 1 is 1.37 bits per heavy atom. The molecular formula is C15H23FN2O. The molecule has 0 saturated carbocycles. The molecule has 0 heterocycles. The SMILES string of the molecule is CCN(CC)C(=O)C(CN)Cc1cc(F)ccc1C. The average Bonchev–Trinajstić information content (AvgIpc) is 2.41. The second-order valence-corrected chi connectivity index (χ2v) is 4.72. The number of benzene rings is 1. The topological polar surface area (TPSA) is 46.3 Å². The first-order valence-electron chi connectivity index (χ1n) is 6.77. The van der Waals surface area contributed by atoms with Gasteiger partial charge in [-0.25, -0.2) is 4.39 Å². The maximum atomic E-state index is 13.3. The fourth-order valence-corrected chi connectivity index (χ4v) is 2.19. The van der Waals surface area contributed by atoms with Crippen LogP contribution >= 0.6 is 0 Å². The molecule has 0 fully saturated rings. The first kappa shape index (κ1) is 15.6. The molecule has 0 saturated heterocycles. The van der Waals surface area contributed by atoms with Gasteiger partial charge in [0.2, 0.25) is 5.91 Å². The highest BCUT2D eigenvalue weighted by molar-refractivity contribution is 5.79. The van der Waals surface area contributed by atoms with E-state index in [9.17, 15) is 9.18 Å². The van der Waals surface area contributed by atoms with E-state index in [-0.39, 0.29) is 24.2 Å². The van der Waals surface area contributed by atoms with Crippen LogP contribution in [-0.2, 0) is 11.2 Å². The highest BCUT2D eigenvalue weighted by Crippen LogP contribution is 2.16. The van der Waals surface area contributed by atoms with Crippen LogP contribution in [0.15, 0.2) is 18.2 Å². The van der Waals surface area contributed by atoms with Crippen LogP contribution < -0.4 is 5.73 Å². The number of amides is 1. The van der Waals surface area contributed by atoms with Crippen LogP contribution in [0.25, 0.3) is 0 Å². The summed E-state index contributed by atoms with van der Waals surface area (Å²) < 4.78 is 13.3. The molecule has 0 aliphatic heterocycles. The van der Waals surface area contributed by atoms with Crippen LogP contribution in [0.5, 0.6) is 0 Å². The van der Waals surface area contributed by atoms with Gasteiger partial charge in [-0.15, -0.1) is 0 Å². The van der Waals surface area contributed by atoms with E-state index in [1.807, 2.05) is 20.8 Å². The smallest absolute Gasteiger partial charge is 0.227 e. The molecule has 19 heavy (non-hydrogen) atoms. The average molecular weight is 266 g/mol. The molecule has 0 spiro atoms. The first-order valence-corrected chi connectivity index (χ1v) is 6.77. The van der Waals surface area contributed by atoms with Crippen LogP contribution in [0.2, 0.25) is 0 Å². The molecule has 4 heteroatoms. The van der Waals surface area contributed by atoms with Crippen molar-refractivity contribution in [1.29, 1.82) is 0 Å². The largest absolute Gasteiger partial charge is 0.343 e. The normalized spacial score (nSPS) is 12.3. The maximum Gasteiger partial charge on any atom is 0.227 e. The summed E-state index contributed by atoms with van der Waals surface area (Å²) >= 11 is 0. The number of carbonyl (C=O) groups is 1. The van der Waals surface area contributed by atoms with Crippen LogP contribution in [0.3, 0.4) is 0 Å². The summed E-state index contributed by atoms with van der Waals surface area (Å²) in [6, 6.07) is 4.66. The molecule has 0 radical (unpaired) electrons. The standard InChI is InChI=1S/C15H23FN2O/c1-4-18(5-2)15(19)13(10-17)8-12-9-14(16)7-6-11(12)3/h6-7,9,13H,4-5,8,10,17H2,1-3H3. The van der Waals surface area contributed by atoms with Crippen LogP contribution in [-0.4, -0.2) is 30.4 Å². The van der Waals surface area contributed by atoms with Gasteiger partial charge < -0.3 is 10.6 Å². The van der Waals surface area contributed by atoms with Crippen molar-refractivity contribution in [2.75, 3.05) is 19.6 Å². The van der Waals surface area contributed by atoms with Gasteiger partial charge in [0.1, 0.15) is 5.82 Å². The van der Waals surface area contributed by atoms with Crippen molar-refractivity contribution in [3.8, 4) is 0 Å². The summed E-state index contributed by atoms with van der Waals surface area (Å²) in [6.45, 7) is 7.45. The van der Waals surface area contributed by atoms with Gasteiger partial charge in [0.25, 0.3) is 0 Å². The molecule has 0 bridgehead atoms. The Bertz CT molecular complexity index is 430. The first-order chi connectivity index (χ1) is 9.03. The number of nitrogens with two attached hydrogens (primary N) is 1. The van der Waals surface area contributed by atoms with Crippen molar-refractivity contribution < 1.29 is 9.18 Å². The molecule has 1 atom stereocenters. The Labute approximate surface area is 114 Å². The monoisotopic (exact) mass is 266 g/mol. The van der Waals surface area contributed by atoms with Crippen LogP contribution in [0, 0.1) is 18.7 Å². The van der Waals surface area contributed by atoms with E-state index in [0.29, 0.717) is 19.5 Å². The molecular weight excluding hydrogens is 243 g/mol. The molecule has 1 aromatic rings. The third-order valence-electron chi connectivity index (χ3n) is 3.49. The van der Waals surface area contributed by atoms with Crippen molar-refractivity contribution in [1.82, 2.24) is 4.90 Å². The number of carbonyl (C=O) groups excluding carboxylic acids is 1. The predicted octanol–water partition coefficient (Wildman–Crippen LogP) is 2.12. The Kier molecular flexibility index (Phi) is 5.96. The van der Waals surface area contributed by atoms with E-state index < -0.39 is 0 Å². The number of halogens is 1. The summed E-state index contributed by atoms with van der Waals surface area (Å²) in [4.78, 5) is 14.1. The lowest BCUT2D eigenvalue weighted by Gasteiger charge is -2.24. The van der Waals surface area contributed by atoms with Gasteiger partial charge in [-0.2, -0.15) is 0 Å². The lowest BCUT2D eigenvalue weighted by Crippen LogP contribution is -2.40. The van der Waals surface area contributed by atoms with Gasteiger partial charge in [0, 0.05) is 19.6 Å². The lowest BCUT2D eigenvalue weighted by molar-refractivity contribution is -0.134. The number of hydrogen-bond acceptors (Lipinski definition) is 2. The molecule has 1 rings (SSSR count). The van der Waals surface area contributed by atoms with Gasteiger partial charge in [0.15, 0.2) is 0 Å². The van der Waals surface area contributed by atoms with Crippen LogP contribution in [0.4, 0.5) is 4.39 Å². The summed E-state index contributed by atoms with van der Waals surface area (Å²) in [5.41, 5.74) is 7.57. The summed E-state index contributed by atoms with van der Waals surface area (Å²) in [7, 11) is 0. The van der Waals surface area contributed by atoms with Gasteiger partial charge in [-0.05, 0) is 50.5 Å². The minimum Gasteiger partial charge on any atom is -0.343 e. The third-order valence-corrected chi connectivity index (χ3v) is 3.49. The van der Waals surface area contributed by atoms with E-state index in [2.05, 4.69) is 0 Å². The molecule has 1 amide bonds. The highest BCUT2D eigenvalue weighted by atomic mass is 19.1. The summed E-state index contributed by atoms with van der Waals surface area (Å²) in [5.74, 6) is -0.497. The molecule has 0 aromatic heterocycles. The zero-order valence-electron chi connectivity index (χ0n) is 11.9. The van der Waals surface area contributed by atoms with E-state index in [1.54, 1.807) is 11.0 Å². The molecule has 3 nitrogen and oxygen atoms in total. The van der Waals surface area contributed by atoms with Crippen molar-refractivity contribution in [2.45, 2.75) is 27.2 Å². The predicted molar refractivity (Wildman–Crippen MR) is 75.3 cm³/mol. The van der Waals surface area contributed by atoms with Gasteiger partial charge in [0.05, 0.1) is 5.92 Å². The Hall–Kier alpha value is -1.42. The highest BCUT2D eigenvalue weighted by Gasteiger charge is 2.22. The lowest BCUT2D eigenvalue weighted by atomic mass is 9.95. The van der Waals surface area contributed by atoms with E-state index in [0.717, 1.165) is 11.1 Å². The second kappa shape index (κ2) is 7.24. The summed E-state index contributed by atoms with van der Waals surface area (Å²) in [6.07, 6.45) is 0.495. The van der Waals surface area contributed by atoms with Gasteiger partial charge >= 0.3 is 0 Å². The zero-order chi connectivity index (χ0) is 14.4. The quantitative estimate of drug-likeness (QED) is 0.857. The van der Waals surface area contributed by atoms with Gasteiger partial charge in [-0.1, -0.05) is 6.07 Å². The number of aryl methyl sites for hydroxylation is 1. The summed E-state index contributed by atoms with van der Waals surface area (Å²) in [5, 5.41) is 0. The van der Waals surface area contributed by atoms with Crippen LogP contribution in [0.1, 0.15) is 25.0 Å². The van der Waals surface area contributed by atoms with E-state index >= 15 is 0 Å². The molecule has 2 N–H and O–H groups in total. The van der Waals surface area contributed by atoms with E-state index in [4.69, 9.17) is 5.73 Å². The molecule has 106 valence electrons. The maximum absolute atomic E-state index is 13.3. The third kappa shape index (κ3) is 4.03. The molecule has 0 aliphatic rings. The second-order valence-electron chi connectivity index (χ2n) is 4.72. The minimum atomic E-state index is -0.277. The van der Waals surface area contributed by atoms with Crippen molar-refractivity contribution in [3.05, 3.63) is 35.1 Å². The molecule has 1 aromatic carbocycles. The molecule has 1 unspecified atom stereocenters. The Balaban J connectivity index is 2.87. The Morgan fingerprint density at radius 3 is 2.53 bits per heavy atom. The minimum absolute atomic E-state index is 0.0520. The number of hydrogen-bond donors (Lipinski definition) is 1. The van der Waals surface area contributed by atoms with Crippen molar-refractivity contribution >= 4 is 5.91 Å². The number of nitrogens with zero attached hydrogens (tertiary/aromatic N) is 1. The van der Waals surface area contributed by atoms with Crippen molar-refractivity contribution in [2.24, 2.45) is 11.7 Å². The van der Waals surface area contributed by atoms with Crippen molar-refractivity contribution in [3.63, 3.8) is 0 Å². The zero-order valence-corrected chi connectivity index (χ0v) is 11.9. The fraction of sp³-hybridized carbons (Fsp3) is 0.533. The Morgan fingerprint density at radius 2 is 2.00 bits per heavy atom. The number of rotatable bonds is 6. The van der Waals surface area contributed by atoms with Gasteiger partial charge in [-0.3, -0.25) is 4.79 Å².